The molecule has 0 amide bonds. The SMILES string of the molecule is Clc1cccc(-c2[nH]nnc2Cc2cccc3c2OCC3)c1Cl. The third-order valence-electron chi connectivity index (χ3n) is 4.00. The van der Waals surface area contributed by atoms with Gasteiger partial charge in [-0.25, -0.2) is 0 Å². The molecule has 116 valence electrons. The summed E-state index contributed by atoms with van der Waals surface area (Å²) >= 11 is 12.4. The number of nitrogens with zero attached hydrogens (tertiary/aromatic N) is 2. The summed E-state index contributed by atoms with van der Waals surface area (Å²) in [5, 5.41) is 12.1. The fraction of sp³-hybridized carbons (Fsp3) is 0.176. The van der Waals surface area contributed by atoms with Crippen LogP contribution < -0.4 is 4.74 Å². The highest BCUT2D eigenvalue weighted by atomic mass is 35.5. The lowest BCUT2D eigenvalue weighted by Gasteiger charge is -2.08. The molecular weight excluding hydrogens is 333 g/mol. The normalized spacial score (nSPS) is 13.0. The number of para-hydroxylation sites is 1. The van der Waals surface area contributed by atoms with E-state index in [2.05, 4.69) is 33.6 Å². The van der Waals surface area contributed by atoms with Crippen molar-refractivity contribution in [1.82, 2.24) is 15.4 Å². The Morgan fingerprint density at radius 1 is 1.13 bits per heavy atom. The molecule has 6 heteroatoms. The first-order valence-electron chi connectivity index (χ1n) is 7.32. The topological polar surface area (TPSA) is 50.8 Å². The molecule has 0 saturated heterocycles. The van der Waals surface area contributed by atoms with E-state index in [4.69, 9.17) is 27.9 Å². The molecule has 1 aromatic heterocycles. The van der Waals surface area contributed by atoms with Crippen LogP contribution in [0.25, 0.3) is 11.3 Å². The van der Waals surface area contributed by atoms with Crippen molar-refractivity contribution in [2.24, 2.45) is 0 Å². The van der Waals surface area contributed by atoms with Crippen LogP contribution >= 0.6 is 23.2 Å². The first-order valence-corrected chi connectivity index (χ1v) is 8.07. The molecule has 0 atom stereocenters. The van der Waals surface area contributed by atoms with Gasteiger partial charge in [0.2, 0.25) is 0 Å². The van der Waals surface area contributed by atoms with Crippen molar-refractivity contribution in [1.29, 1.82) is 0 Å². The van der Waals surface area contributed by atoms with Gasteiger partial charge in [-0.1, -0.05) is 58.7 Å². The molecular formula is C17H13Cl2N3O. The molecule has 1 N–H and O–H groups in total. The zero-order valence-corrected chi connectivity index (χ0v) is 13.7. The maximum absolute atomic E-state index is 6.32. The lowest BCUT2D eigenvalue weighted by Crippen LogP contribution is -1.96. The molecule has 3 aromatic rings. The zero-order chi connectivity index (χ0) is 15.8. The highest BCUT2D eigenvalue weighted by molar-refractivity contribution is 6.43. The summed E-state index contributed by atoms with van der Waals surface area (Å²) in [5.41, 5.74) is 4.75. The number of H-pyrrole nitrogens is 1. The van der Waals surface area contributed by atoms with Crippen LogP contribution in [0.3, 0.4) is 0 Å². The zero-order valence-electron chi connectivity index (χ0n) is 12.1. The van der Waals surface area contributed by atoms with Gasteiger partial charge < -0.3 is 4.74 Å². The maximum Gasteiger partial charge on any atom is 0.126 e. The molecule has 0 aliphatic carbocycles. The Morgan fingerprint density at radius 3 is 2.91 bits per heavy atom. The summed E-state index contributed by atoms with van der Waals surface area (Å²) in [6.45, 7) is 0.734. The van der Waals surface area contributed by atoms with Gasteiger partial charge in [-0.05, 0) is 11.6 Å². The van der Waals surface area contributed by atoms with Gasteiger partial charge in [0, 0.05) is 24.0 Å². The minimum atomic E-state index is 0.496. The molecule has 23 heavy (non-hydrogen) atoms. The first-order chi connectivity index (χ1) is 11.2. The largest absolute Gasteiger partial charge is 0.493 e. The van der Waals surface area contributed by atoms with Crippen LogP contribution in [0.15, 0.2) is 36.4 Å². The Bertz CT molecular complexity index is 876. The minimum Gasteiger partial charge on any atom is -0.493 e. The van der Waals surface area contributed by atoms with Crippen molar-refractivity contribution < 1.29 is 4.74 Å². The van der Waals surface area contributed by atoms with Crippen LogP contribution in [-0.2, 0) is 12.8 Å². The second-order valence-electron chi connectivity index (χ2n) is 5.42. The van der Waals surface area contributed by atoms with Crippen molar-refractivity contribution in [2.45, 2.75) is 12.8 Å². The third-order valence-corrected chi connectivity index (χ3v) is 4.81. The first kappa shape index (κ1) is 14.5. The van der Waals surface area contributed by atoms with Gasteiger partial charge in [0.05, 0.1) is 28.0 Å². The highest BCUT2D eigenvalue weighted by Crippen LogP contribution is 2.36. The Labute approximate surface area is 143 Å². The molecule has 1 aliphatic heterocycles. The second-order valence-corrected chi connectivity index (χ2v) is 6.20. The number of halogens is 2. The summed E-state index contributed by atoms with van der Waals surface area (Å²) in [4.78, 5) is 0. The molecule has 0 radical (unpaired) electrons. The molecule has 2 aromatic carbocycles. The average Bonchev–Trinajstić information content (AvgIpc) is 3.20. The molecule has 0 unspecified atom stereocenters. The molecule has 2 heterocycles. The van der Waals surface area contributed by atoms with Crippen LogP contribution in [0, 0.1) is 0 Å². The highest BCUT2D eigenvalue weighted by Gasteiger charge is 2.20. The van der Waals surface area contributed by atoms with Crippen molar-refractivity contribution in [3.8, 4) is 17.0 Å². The van der Waals surface area contributed by atoms with E-state index in [0.29, 0.717) is 16.5 Å². The summed E-state index contributed by atoms with van der Waals surface area (Å²) in [6, 6.07) is 11.7. The number of aromatic nitrogens is 3. The van der Waals surface area contributed by atoms with E-state index in [9.17, 15) is 0 Å². The van der Waals surface area contributed by atoms with Gasteiger partial charge in [-0.2, -0.15) is 0 Å². The van der Waals surface area contributed by atoms with Crippen LogP contribution in [0.2, 0.25) is 10.0 Å². The Hall–Kier alpha value is -2.04. The minimum absolute atomic E-state index is 0.496. The van der Waals surface area contributed by atoms with Crippen molar-refractivity contribution in [3.63, 3.8) is 0 Å². The predicted octanol–water partition coefficient (Wildman–Crippen LogP) is 4.30. The summed E-state index contributed by atoms with van der Waals surface area (Å²) in [7, 11) is 0. The lowest BCUT2D eigenvalue weighted by molar-refractivity contribution is 0.354. The van der Waals surface area contributed by atoms with Crippen LogP contribution in [0.1, 0.15) is 16.8 Å². The van der Waals surface area contributed by atoms with E-state index in [0.717, 1.165) is 41.3 Å². The fourth-order valence-corrected chi connectivity index (χ4v) is 3.28. The quantitative estimate of drug-likeness (QED) is 0.769. The Kier molecular flexibility index (Phi) is 3.71. The summed E-state index contributed by atoms with van der Waals surface area (Å²) in [6.07, 6.45) is 1.58. The second kappa shape index (κ2) is 5.87. The van der Waals surface area contributed by atoms with Gasteiger partial charge in [0.15, 0.2) is 0 Å². The van der Waals surface area contributed by atoms with Crippen molar-refractivity contribution in [3.05, 3.63) is 63.3 Å². The van der Waals surface area contributed by atoms with Gasteiger partial charge in [0.25, 0.3) is 0 Å². The summed E-state index contributed by atoms with van der Waals surface area (Å²) < 4.78 is 5.76. The lowest BCUT2D eigenvalue weighted by atomic mass is 10.0. The van der Waals surface area contributed by atoms with Crippen molar-refractivity contribution in [2.75, 3.05) is 6.61 Å². The smallest absolute Gasteiger partial charge is 0.126 e. The standard InChI is InChI=1S/C17H13Cl2N3O/c18-13-6-2-5-12(15(13)19)16-14(20-22-21-16)9-11-4-1-3-10-7-8-23-17(10)11/h1-6H,7-9H2,(H,20,21,22). The molecule has 4 rings (SSSR count). The van der Waals surface area contributed by atoms with E-state index in [1.54, 1.807) is 6.07 Å². The van der Waals surface area contributed by atoms with E-state index < -0.39 is 0 Å². The van der Waals surface area contributed by atoms with Gasteiger partial charge >= 0.3 is 0 Å². The summed E-state index contributed by atoms with van der Waals surface area (Å²) in [5.74, 6) is 0.971. The number of rotatable bonds is 3. The Balaban J connectivity index is 1.74. The number of hydrogen-bond acceptors (Lipinski definition) is 3. The average molecular weight is 346 g/mol. The van der Waals surface area contributed by atoms with E-state index in [1.807, 2.05) is 12.1 Å². The van der Waals surface area contributed by atoms with Crippen LogP contribution in [0.5, 0.6) is 5.75 Å². The fourth-order valence-electron chi connectivity index (χ4n) is 2.89. The molecule has 4 nitrogen and oxygen atoms in total. The number of hydrogen-bond donors (Lipinski definition) is 1. The van der Waals surface area contributed by atoms with E-state index >= 15 is 0 Å². The molecule has 0 bridgehead atoms. The van der Waals surface area contributed by atoms with E-state index in [-0.39, 0.29) is 0 Å². The van der Waals surface area contributed by atoms with Gasteiger partial charge in [-0.15, -0.1) is 5.10 Å². The van der Waals surface area contributed by atoms with Crippen LogP contribution in [0.4, 0.5) is 0 Å². The number of benzene rings is 2. The van der Waals surface area contributed by atoms with Gasteiger partial charge in [-0.3, -0.25) is 5.10 Å². The molecule has 1 aliphatic rings. The monoisotopic (exact) mass is 345 g/mol. The number of ether oxygens (including phenoxy) is 1. The van der Waals surface area contributed by atoms with E-state index in [1.165, 1.54) is 5.56 Å². The third kappa shape index (κ3) is 2.58. The Morgan fingerprint density at radius 2 is 2.00 bits per heavy atom. The number of fused-ring (bicyclic) bond motifs is 1. The molecule has 0 fully saturated rings. The molecule has 0 spiro atoms. The predicted molar refractivity (Wildman–Crippen MR) is 90.3 cm³/mol. The number of nitrogens with one attached hydrogen (secondary N) is 1. The van der Waals surface area contributed by atoms with Crippen molar-refractivity contribution >= 4 is 23.2 Å². The number of aromatic amines is 1. The van der Waals surface area contributed by atoms with Gasteiger partial charge in [0.1, 0.15) is 5.75 Å². The maximum atomic E-state index is 6.32. The molecule has 0 saturated carbocycles. The van der Waals surface area contributed by atoms with Crippen LogP contribution in [-0.4, -0.2) is 22.0 Å².